The summed E-state index contributed by atoms with van der Waals surface area (Å²) in [6.45, 7) is 0. The molecule has 0 fully saturated rings. The Bertz CT molecular complexity index is 557. The van der Waals surface area contributed by atoms with Gasteiger partial charge in [0.15, 0.2) is 0 Å². The Morgan fingerprint density at radius 3 is 2.50 bits per heavy atom. The van der Waals surface area contributed by atoms with Crippen molar-refractivity contribution in [3.8, 4) is 0 Å². The van der Waals surface area contributed by atoms with Crippen LogP contribution in [0.2, 0.25) is 0 Å². The number of thioether (sulfide) groups is 1. The van der Waals surface area contributed by atoms with Crippen LogP contribution in [0.1, 0.15) is 5.56 Å². The molecule has 0 spiro atoms. The second-order valence-corrected chi connectivity index (χ2v) is 5.63. The maximum Gasteiger partial charge on any atom is 0.269 e. The van der Waals surface area contributed by atoms with Gasteiger partial charge in [-0.25, -0.2) is 0 Å². The van der Waals surface area contributed by atoms with Crippen molar-refractivity contribution < 1.29 is 4.92 Å². The van der Waals surface area contributed by atoms with Gasteiger partial charge in [-0.05, 0) is 23.8 Å². The first-order chi connectivity index (χ1) is 8.65. The number of rotatable bonds is 4. The molecule has 0 unspecified atom stereocenters. The van der Waals surface area contributed by atoms with Gasteiger partial charge >= 0.3 is 0 Å². The highest BCUT2D eigenvalue weighted by molar-refractivity contribution is 9.10. The van der Waals surface area contributed by atoms with E-state index >= 15 is 0 Å². The van der Waals surface area contributed by atoms with Crippen LogP contribution in [0.25, 0.3) is 0 Å². The monoisotopic (exact) mass is 323 g/mol. The lowest BCUT2D eigenvalue weighted by Crippen LogP contribution is -1.88. The van der Waals surface area contributed by atoms with E-state index in [2.05, 4.69) is 22.0 Å². The molecular weight excluding hydrogens is 314 g/mol. The zero-order valence-electron chi connectivity index (χ0n) is 9.38. The van der Waals surface area contributed by atoms with E-state index in [0.29, 0.717) is 0 Å². The highest BCUT2D eigenvalue weighted by Gasteiger charge is 2.04. The maximum atomic E-state index is 10.5. The van der Waals surface area contributed by atoms with Gasteiger partial charge < -0.3 is 0 Å². The van der Waals surface area contributed by atoms with Crippen molar-refractivity contribution in [3.63, 3.8) is 0 Å². The minimum absolute atomic E-state index is 0.131. The summed E-state index contributed by atoms with van der Waals surface area (Å²) in [4.78, 5) is 11.3. The van der Waals surface area contributed by atoms with Crippen LogP contribution in [0, 0.1) is 10.1 Å². The average molecular weight is 324 g/mol. The molecule has 2 aromatic rings. The minimum Gasteiger partial charge on any atom is -0.258 e. The fraction of sp³-hybridized carbons (Fsp3) is 0.0769. The first kappa shape index (κ1) is 13.1. The Balaban J connectivity index is 2.00. The van der Waals surface area contributed by atoms with E-state index in [9.17, 15) is 10.1 Å². The molecule has 0 bridgehead atoms. The van der Waals surface area contributed by atoms with Crippen LogP contribution in [0.15, 0.2) is 57.9 Å². The van der Waals surface area contributed by atoms with E-state index in [4.69, 9.17) is 0 Å². The van der Waals surface area contributed by atoms with Crippen molar-refractivity contribution in [2.45, 2.75) is 10.6 Å². The van der Waals surface area contributed by atoms with Crippen molar-refractivity contribution in [1.29, 1.82) is 0 Å². The van der Waals surface area contributed by atoms with Crippen molar-refractivity contribution in [2.75, 3.05) is 0 Å². The molecule has 2 aromatic carbocycles. The third-order valence-corrected chi connectivity index (χ3v) is 3.91. The summed E-state index contributed by atoms with van der Waals surface area (Å²) in [5.74, 6) is 0.800. The van der Waals surface area contributed by atoms with Gasteiger partial charge in [-0.3, -0.25) is 10.1 Å². The molecule has 0 amide bonds. The van der Waals surface area contributed by atoms with Crippen molar-refractivity contribution in [3.05, 3.63) is 68.7 Å². The predicted molar refractivity (Wildman–Crippen MR) is 76.8 cm³/mol. The topological polar surface area (TPSA) is 43.1 Å². The number of nitrogens with zero attached hydrogens (tertiary/aromatic N) is 1. The van der Waals surface area contributed by atoms with Crippen molar-refractivity contribution >= 4 is 33.4 Å². The van der Waals surface area contributed by atoms with Crippen molar-refractivity contribution in [1.82, 2.24) is 0 Å². The van der Waals surface area contributed by atoms with E-state index < -0.39 is 0 Å². The lowest BCUT2D eigenvalue weighted by molar-refractivity contribution is -0.384. The summed E-state index contributed by atoms with van der Waals surface area (Å²) in [5.41, 5.74) is 1.21. The van der Waals surface area contributed by atoms with Gasteiger partial charge in [0.25, 0.3) is 5.69 Å². The van der Waals surface area contributed by atoms with E-state index in [1.807, 2.05) is 18.2 Å². The number of hydrogen-bond donors (Lipinski definition) is 0. The number of benzene rings is 2. The third kappa shape index (κ3) is 3.58. The van der Waals surface area contributed by atoms with Gasteiger partial charge in [0.05, 0.1) is 4.92 Å². The smallest absolute Gasteiger partial charge is 0.258 e. The van der Waals surface area contributed by atoms with Crippen LogP contribution in [0.5, 0.6) is 0 Å². The summed E-state index contributed by atoms with van der Waals surface area (Å²) in [6.07, 6.45) is 0. The number of nitro benzene ring substituents is 1. The number of nitro groups is 1. The quantitative estimate of drug-likeness (QED) is 0.467. The SMILES string of the molecule is O=[N+]([O-])c1ccc(CSc2cccc(Br)c2)cc1. The molecular formula is C13H10BrNO2S. The second-order valence-electron chi connectivity index (χ2n) is 3.67. The highest BCUT2D eigenvalue weighted by Crippen LogP contribution is 2.26. The van der Waals surface area contributed by atoms with E-state index in [1.54, 1.807) is 23.9 Å². The summed E-state index contributed by atoms with van der Waals surface area (Å²) in [7, 11) is 0. The molecule has 0 N–H and O–H groups in total. The Morgan fingerprint density at radius 2 is 1.89 bits per heavy atom. The molecule has 5 heteroatoms. The van der Waals surface area contributed by atoms with Gasteiger partial charge in [0.1, 0.15) is 0 Å². The summed E-state index contributed by atoms with van der Waals surface area (Å²) >= 11 is 5.13. The standard InChI is InChI=1S/C13H10BrNO2S/c14-11-2-1-3-13(8-11)18-9-10-4-6-12(7-5-10)15(16)17/h1-8H,9H2. The molecule has 0 aliphatic heterocycles. The maximum absolute atomic E-state index is 10.5. The molecule has 18 heavy (non-hydrogen) atoms. The predicted octanol–water partition coefficient (Wildman–Crippen LogP) is 4.65. The molecule has 92 valence electrons. The fourth-order valence-corrected chi connectivity index (χ4v) is 2.90. The molecule has 0 heterocycles. The largest absolute Gasteiger partial charge is 0.269 e. The molecule has 0 aliphatic carbocycles. The van der Waals surface area contributed by atoms with Crippen molar-refractivity contribution in [2.24, 2.45) is 0 Å². The Labute approximate surface area is 117 Å². The number of non-ortho nitro benzene ring substituents is 1. The van der Waals surface area contributed by atoms with Crippen LogP contribution >= 0.6 is 27.7 Å². The zero-order valence-corrected chi connectivity index (χ0v) is 11.8. The first-order valence-electron chi connectivity index (χ1n) is 5.27. The van der Waals surface area contributed by atoms with Gasteiger partial charge in [-0.2, -0.15) is 0 Å². The molecule has 0 aliphatic rings. The van der Waals surface area contributed by atoms with Gasteiger partial charge in [-0.15, -0.1) is 11.8 Å². The zero-order chi connectivity index (χ0) is 13.0. The minimum atomic E-state index is -0.384. The lowest BCUT2D eigenvalue weighted by atomic mass is 10.2. The second kappa shape index (κ2) is 6.02. The van der Waals surface area contributed by atoms with Gasteiger partial charge in [-0.1, -0.05) is 34.1 Å². The van der Waals surface area contributed by atoms with Crippen LogP contribution < -0.4 is 0 Å². The van der Waals surface area contributed by atoms with E-state index in [-0.39, 0.29) is 10.6 Å². The fourth-order valence-electron chi connectivity index (χ4n) is 1.44. The lowest BCUT2D eigenvalue weighted by Gasteiger charge is -2.02. The molecule has 0 atom stereocenters. The number of halogens is 1. The highest BCUT2D eigenvalue weighted by atomic mass is 79.9. The Morgan fingerprint density at radius 1 is 1.17 bits per heavy atom. The van der Waals surface area contributed by atoms with E-state index in [0.717, 1.165) is 15.8 Å². The average Bonchev–Trinajstić information content (AvgIpc) is 2.37. The van der Waals surface area contributed by atoms with Crippen LogP contribution in [0.4, 0.5) is 5.69 Å². The summed E-state index contributed by atoms with van der Waals surface area (Å²) < 4.78 is 1.05. The van der Waals surface area contributed by atoms with Gasteiger partial charge in [0, 0.05) is 27.3 Å². The molecule has 3 nitrogen and oxygen atoms in total. The molecule has 0 saturated carbocycles. The Hall–Kier alpha value is -1.33. The van der Waals surface area contributed by atoms with Crippen LogP contribution in [-0.4, -0.2) is 4.92 Å². The third-order valence-electron chi connectivity index (χ3n) is 2.35. The molecule has 0 saturated heterocycles. The normalized spacial score (nSPS) is 10.3. The Kier molecular flexibility index (Phi) is 4.38. The van der Waals surface area contributed by atoms with Gasteiger partial charge in [0.2, 0.25) is 0 Å². The van der Waals surface area contributed by atoms with E-state index in [1.165, 1.54) is 17.0 Å². The molecule has 0 aromatic heterocycles. The first-order valence-corrected chi connectivity index (χ1v) is 7.05. The summed E-state index contributed by atoms with van der Waals surface area (Å²) in [5, 5.41) is 10.5. The van der Waals surface area contributed by atoms with Crippen LogP contribution in [-0.2, 0) is 5.75 Å². The molecule has 2 rings (SSSR count). The summed E-state index contributed by atoms with van der Waals surface area (Å²) in [6, 6.07) is 14.7. The van der Waals surface area contributed by atoms with Crippen LogP contribution in [0.3, 0.4) is 0 Å². The number of hydrogen-bond acceptors (Lipinski definition) is 3. The molecule has 0 radical (unpaired) electrons.